The maximum atomic E-state index is 11.5. The highest BCUT2D eigenvalue weighted by atomic mass is 16.6. The van der Waals surface area contributed by atoms with E-state index in [1.807, 2.05) is 30.3 Å². The maximum Gasteiger partial charge on any atom is 0.248 e. The Hall–Kier alpha value is -5.06. The lowest BCUT2D eigenvalue weighted by molar-refractivity contribution is 0.100. The van der Waals surface area contributed by atoms with Crippen LogP contribution in [0.25, 0.3) is 22.6 Å². The van der Waals surface area contributed by atoms with Crippen molar-refractivity contribution in [2.75, 3.05) is 5.32 Å². The molecular formula is C23H18N8O3. The largest absolute Gasteiger partial charge is 0.454 e. The van der Waals surface area contributed by atoms with Crippen LogP contribution in [0, 0.1) is 0 Å². The van der Waals surface area contributed by atoms with Crippen LogP contribution >= 0.6 is 0 Å². The number of amides is 1. The third-order valence-corrected chi connectivity index (χ3v) is 5.04. The molecule has 11 heteroatoms. The van der Waals surface area contributed by atoms with E-state index in [-0.39, 0.29) is 17.0 Å². The molecule has 5 aromatic rings. The topological polar surface area (TPSA) is 171 Å². The molecule has 11 nitrogen and oxygen atoms in total. The number of primary amides is 1. The number of fused-ring (bicyclic) bond motifs is 1. The van der Waals surface area contributed by atoms with Gasteiger partial charge < -0.3 is 21.3 Å². The number of anilines is 1. The minimum absolute atomic E-state index is 0.197. The van der Waals surface area contributed by atoms with Crippen molar-refractivity contribution in [2.24, 2.45) is 16.7 Å². The van der Waals surface area contributed by atoms with Crippen molar-refractivity contribution < 1.29 is 13.8 Å². The van der Waals surface area contributed by atoms with E-state index in [1.165, 1.54) is 0 Å². The highest BCUT2D eigenvalue weighted by Gasteiger charge is 2.22. The van der Waals surface area contributed by atoms with Crippen LogP contribution in [0.15, 0.2) is 80.9 Å². The summed E-state index contributed by atoms with van der Waals surface area (Å²) >= 11 is 0. The smallest absolute Gasteiger partial charge is 0.248 e. The Morgan fingerprint density at radius 3 is 2.53 bits per heavy atom. The summed E-state index contributed by atoms with van der Waals surface area (Å²) in [7, 11) is 0. The molecule has 0 bridgehead atoms. The first-order chi connectivity index (χ1) is 16.6. The lowest BCUT2D eigenvalue weighted by Gasteiger charge is -2.10. The van der Waals surface area contributed by atoms with Crippen LogP contribution in [-0.4, -0.2) is 31.9 Å². The van der Waals surface area contributed by atoms with Gasteiger partial charge >= 0.3 is 0 Å². The Kier molecular flexibility index (Phi) is 5.40. The molecule has 0 aliphatic carbocycles. The Morgan fingerprint density at radius 1 is 0.971 bits per heavy atom. The van der Waals surface area contributed by atoms with E-state index in [1.54, 1.807) is 36.4 Å². The predicted molar refractivity (Wildman–Crippen MR) is 124 cm³/mol. The molecular weight excluding hydrogens is 436 g/mol. The molecule has 5 rings (SSSR count). The number of carbonyl (C=O) groups is 1. The number of nitrogens with one attached hydrogen (secondary N) is 1. The zero-order valence-electron chi connectivity index (χ0n) is 17.7. The van der Waals surface area contributed by atoms with Crippen molar-refractivity contribution in [3.8, 4) is 11.3 Å². The summed E-state index contributed by atoms with van der Waals surface area (Å²) < 4.78 is 10.8. The summed E-state index contributed by atoms with van der Waals surface area (Å²) in [5.41, 5.74) is 8.45. The second-order valence-electron chi connectivity index (χ2n) is 7.26. The molecule has 0 atom stereocenters. The molecule has 3 heterocycles. The molecule has 34 heavy (non-hydrogen) atoms. The van der Waals surface area contributed by atoms with Crippen LogP contribution < -0.4 is 16.9 Å². The second-order valence-corrected chi connectivity index (χ2v) is 7.26. The molecule has 2 aromatic carbocycles. The van der Waals surface area contributed by atoms with Crippen molar-refractivity contribution >= 4 is 28.7 Å². The van der Waals surface area contributed by atoms with Crippen LogP contribution in [0.2, 0.25) is 0 Å². The van der Waals surface area contributed by atoms with Crippen LogP contribution in [0.1, 0.15) is 27.4 Å². The number of nitrogens with two attached hydrogens (primary N) is 2. The van der Waals surface area contributed by atoms with Crippen LogP contribution in [0.5, 0.6) is 0 Å². The van der Waals surface area contributed by atoms with Crippen molar-refractivity contribution in [3.05, 3.63) is 89.3 Å². The van der Waals surface area contributed by atoms with E-state index in [4.69, 9.17) is 20.6 Å². The molecule has 0 unspecified atom stereocenters. The first kappa shape index (κ1) is 20.8. The number of nitrogens with zero attached hydrogens (tertiary/aromatic N) is 5. The Morgan fingerprint density at radius 2 is 1.76 bits per heavy atom. The quantitative estimate of drug-likeness (QED) is 0.190. The summed E-state index contributed by atoms with van der Waals surface area (Å²) in [5.74, 6) is 6.44. The van der Waals surface area contributed by atoms with Crippen LogP contribution in [0.4, 0.5) is 5.82 Å². The van der Waals surface area contributed by atoms with E-state index in [0.717, 1.165) is 5.56 Å². The summed E-state index contributed by atoms with van der Waals surface area (Å²) in [5, 5.41) is 14.7. The minimum Gasteiger partial charge on any atom is -0.454 e. The number of rotatable bonds is 7. The van der Waals surface area contributed by atoms with Gasteiger partial charge in [-0.05, 0) is 40.1 Å². The van der Waals surface area contributed by atoms with Gasteiger partial charge in [-0.25, -0.2) is 14.6 Å². The molecule has 0 spiro atoms. The fraction of sp³-hybridized carbons (Fsp3) is 0.0435. The minimum atomic E-state index is -0.531. The number of benzene rings is 2. The van der Waals surface area contributed by atoms with E-state index in [9.17, 15) is 4.79 Å². The average molecular weight is 454 g/mol. The SMILES string of the molecule is NN=C(c1ccc(-c2cccc(C(N)=O)c2)o1)c1nc2nonc2nc1NCc1ccccc1. The zero-order chi connectivity index (χ0) is 23.5. The van der Waals surface area contributed by atoms with Gasteiger partial charge in [0.15, 0.2) is 17.3 Å². The molecule has 1 amide bonds. The van der Waals surface area contributed by atoms with Crippen LogP contribution in [-0.2, 0) is 6.54 Å². The lowest BCUT2D eigenvalue weighted by atomic mass is 10.1. The monoisotopic (exact) mass is 454 g/mol. The maximum absolute atomic E-state index is 11.5. The first-order valence-corrected chi connectivity index (χ1v) is 10.2. The summed E-state index contributed by atoms with van der Waals surface area (Å²) in [6.07, 6.45) is 0. The highest BCUT2D eigenvalue weighted by molar-refractivity contribution is 6.13. The number of aromatic nitrogens is 4. The second kappa shape index (κ2) is 8.82. The predicted octanol–water partition coefficient (Wildman–Crippen LogP) is 2.69. The van der Waals surface area contributed by atoms with Gasteiger partial charge in [-0.15, -0.1) is 0 Å². The van der Waals surface area contributed by atoms with Gasteiger partial charge in [0.05, 0.1) is 0 Å². The van der Waals surface area contributed by atoms with Gasteiger partial charge in [0.2, 0.25) is 17.2 Å². The van der Waals surface area contributed by atoms with E-state index >= 15 is 0 Å². The fourth-order valence-corrected chi connectivity index (χ4v) is 3.40. The number of hydrazone groups is 1. The van der Waals surface area contributed by atoms with Crippen molar-refractivity contribution in [3.63, 3.8) is 0 Å². The molecule has 0 radical (unpaired) electrons. The summed E-state index contributed by atoms with van der Waals surface area (Å²) in [6.45, 7) is 0.473. The standard InChI is InChI=1S/C23H18N8O3/c24-20(32)15-8-4-7-14(11-15)16-9-10-17(33-16)18(29-25)19-21(26-12-13-5-2-1-3-6-13)28-23-22(27-19)30-34-31-23/h1-11H,12,25H2,(H2,24,32)(H,26,28,31). The van der Waals surface area contributed by atoms with E-state index in [0.29, 0.717) is 40.7 Å². The third-order valence-electron chi connectivity index (χ3n) is 5.04. The van der Waals surface area contributed by atoms with Gasteiger partial charge in [0, 0.05) is 17.7 Å². The molecule has 168 valence electrons. The first-order valence-electron chi connectivity index (χ1n) is 10.2. The number of furan rings is 1. The molecule has 3 aromatic heterocycles. The third kappa shape index (κ3) is 4.05. The Balaban J connectivity index is 1.52. The van der Waals surface area contributed by atoms with Gasteiger partial charge in [-0.3, -0.25) is 4.79 Å². The van der Waals surface area contributed by atoms with E-state index in [2.05, 4.69) is 30.7 Å². The van der Waals surface area contributed by atoms with E-state index < -0.39 is 5.91 Å². The van der Waals surface area contributed by atoms with Crippen molar-refractivity contribution in [1.29, 1.82) is 0 Å². The van der Waals surface area contributed by atoms with Gasteiger partial charge in [0.1, 0.15) is 11.5 Å². The molecule has 0 saturated carbocycles. The number of carbonyl (C=O) groups excluding carboxylic acids is 1. The normalized spacial score (nSPS) is 11.6. The molecule has 0 fully saturated rings. The Bertz CT molecular complexity index is 1510. The highest BCUT2D eigenvalue weighted by Crippen LogP contribution is 2.26. The lowest BCUT2D eigenvalue weighted by Crippen LogP contribution is -2.14. The van der Waals surface area contributed by atoms with Gasteiger partial charge in [-0.1, -0.05) is 42.5 Å². The van der Waals surface area contributed by atoms with Gasteiger partial charge in [-0.2, -0.15) is 5.10 Å². The van der Waals surface area contributed by atoms with Crippen LogP contribution in [0.3, 0.4) is 0 Å². The molecule has 0 aliphatic heterocycles. The van der Waals surface area contributed by atoms with Crippen molar-refractivity contribution in [2.45, 2.75) is 6.54 Å². The fourth-order valence-electron chi connectivity index (χ4n) is 3.40. The van der Waals surface area contributed by atoms with Gasteiger partial charge in [0.25, 0.3) is 0 Å². The summed E-state index contributed by atoms with van der Waals surface area (Å²) in [4.78, 5) is 20.5. The Labute approximate surface area is 192 Å². The molecule has 5 N–H and O–H groups in total. The molecule has 0 saturated heterocycles. The zero-order valence-corrected chi connectivity index (χ0v) is 17.7. The average Bonchev–Trinajstić information content (AvgIpc) is 3.53. The summed E-state index contributed by atoms with van der Waals surface area (Å²) in [6, 6.07) is 20.0. The van der Waals surface area contributed by atoms with Crippen molar-refractivity contribution in [1.82, 2.24) is 20.3 Å². The number of hydrogen-bond acceptors (Lipinski definition) is 10. The number of hydrogen-bond donors (Lipinski definition) is 3. The molecule has 0 aliphatic rings.